The van der Waals surface area contributed by atoms with Crippen LogP contribution in [0.4, 0.5) is 0 Å². The van der Waals surface area contributed by atoms with Crippen molar-refractivity contribution in [3.63, 3.8) is 0 Å². The fourth-order valence-electron chi connectivity index (χ4n) is 6.30. The van der Waals surface area contributed by atoms with Crippen molar-refractivity contribution in [2.45, 2.75) is 91.3 Å². The summed E-state index contributed by atoms with van der Waals surface area (Å²) in [6.45, 7) is 12.3. The van der Waals surface area contributed by atoms with Crippen molar-refractivity contribution in [1.82, 2.24) is 0 Å². The number of hydrogen-bond donors (Lipinski definition) is 0. The van der Waals surface area contributed by atoms with Crippen LogP contribution in [0.3, 0.4) is 0 Å². The fraction of sp³-hybridized carbons (Fsp3) is 1.00. The minimum Gasteiger partial charge on any atom is -0.372 e. The van der Waals surface area contributed by atoms with E-state index in [0.29, 0.717) is 16.9 Å². The van der Waals surface area contributed by atoms with Gasteiger partial charge in [-0.1, -0.05) is 27.2 Å². The summed E-state index contributed by atoms with van der Waals surface area (Å²) < 4.78 is 6.46. The van der Waals surface area contributed by atoms with E-state index in [1.165, 1.54) is 44.9 Å². The summed E-state index contributed by atoms with van der Waals surface area (Å²) in [6.07, 6.45) is 10.1. The molecule has 2 aliphatic carbocycles. The molecule has 1 aliphatic heterocycles. The second-order valence-electron chi connectivity index (χ2n) is 8.81. The van der Waals surface area contributed by atoms with Crippen molar-refractivity contribution in [3.8, 4) is 0 Å². The van der Waals surface area contributed by atoms with Gasteiger partial charge in [0.25, 0.3) is 0 Å². The predicted octanol–water partition coefficient (Wildman–Crippen LogP) is 5.19. The van der Waals surface area contributed by atoms with Gasteiger partial charge in [0.05, 0.1) is 11.7 Å². The Bertz CT molecular complexity index is 361. The van der Waals surface area contributed by atoms with E-state index in [9.17, 15) is 0 Å². The summed E-state index contributed by atoms with van der Waals surface area (Å²) >= 11 is 0. The summed E-state index contributed by atoms with van der Waals surface area (Å²) in [5.41, 5.74) is 1.22. The lowest BCUT2D eigenvalue weighted by Crippen LogP contribution is -2.60. The number of fused-ring (bicyclic) bond motifs is 3. The van der Waals surface area contributed by atoms with Crippen LogP contribution in [0.2, 0.25) is 0 Å². The molecule has 0 N–H and O–H groups in total. The number of ether oxygens (including phenoxy) is 1. The Morgan fingerprint density at radius 3 is 2.32 bits per heavy atom. The van der Waals surface area contributed by atoms with E-state index in [1.807, 2.05) is 0 Å². The van der Waals surface area contributed by atoms with Crippen LogP contribution < -0.4 is 0 Å². The quantitative estimate of drug-likeness (QED) is 0.585. The van der Waals surface area contributed by atoms with Gasteiger partial charge in [-0.2, -0.15) is 0 Å². The van der Waals surface area contributed by atoms with Gasteiger partial charge in [0.15, 0.2) is 0 Å². The van der Waals surface area contributed by atoms with Crippen molar-refractivity contribution in [2.24, 2.45) is 22.7 Å². The van der Waals surface area contributed by atoms with Crippen LogP contribution in [0.15, 0.2) is 0 Å². The van der Waals surface area contributed by atoms with E-state index in [1.54, 1.807) is 0 Å². The molecule has 3 fully saturated rings. The van der Waals surface area contributed by atoms with Gasteiger partial charge in [-0.05, 0) is 75.0 Å². The predicted molar refractivity (Wildman–Crippen MR) is 80.1 cm³/mol. The third-order valence-electron chi connectivity index (χ3n) is 7.07. The summed E-state index contributed by atoms with van der Waals surface area (Å²) in [5, 5.41) is 0. The van der Waals surface area contributed by atoms with Crippen molar-refractivity contribution < 1.29 is 4.74 Å². The topological polar surface area (TPSA) is 9.23 Å². The molecule has 3 rings (SSSR count). The molecule has 0 amide bonds. The third kappa shape index (κ3) is 1.99. The molecule has 5 atom stereocenters. The normalized spacial score (nSPS) is 53.2. The van der Waals surface area contributed by atoms with Crippen LogP contribution in [0.1, 0.15) is 79.6 Å². The zero-order chi connectivity index (χ0) is 13.9. The molecular weight excluding hydrogens is 232 g/mol. The van der Waals surface area contributed by atoms with Crippen molar-refractivity contribution in [2.75, 3.05) is 0 Å². The summed E-state index contributed by atoms with van der Waals surface area (Å²) in [4.78, 5) is 0. The average Bonchev–Trinajstić information content (AvgIpc) is 2.25. The highest BCUT2D eigenvalue weighted by molar-refractivity contribution is 5.09. The smallest absolute Gasteiger partial charge is 0.0691 e. The molecule has 1 heteroatoms. The van der Waals surface area contributed by atoms with Gasteiger partial charge in [-0.3, -0.25) is 0 Å². The Labute approximate surface area is 119 Å². The number of hydrogen-bond acceptors (Lipinski definition) is 1. The molecule has 110 valence electrons. The summed E-state index contributed by atoms with van der Waals surface area (Å²) in [5.74, 6) is 1.69. The van der Waals surface area contributed by atoms with Gasteiger partial charge in [0.1, 0.15) is 0 Å². The van der Waals surface area contributed by atoms with Crippen molar-refractivity contribution in [1.29, 1.82) is 0 Å². The molecule has 0 radical (unpaired) electrons. The largest absolute Gasteiger partial charge is 0.372 e. The highest BCUT2D eigenvalue weighted by atomic mass is 16.5. The van der Waals surface area contributed by atoms with Crippen LogP contribution in [0.5, 0.6) is 0 Å². The molecule has 1 heterocycles. The molecule has 1 nitrogen and oxygen atoms in total. The van der Waals surface area contributed by atoms with E-state index in [2.05, 4.69) is 34.6 Å². The van der Waals surface area contributed by atoms with Crippen LogP contribution in [-0.4, -0.2) is 11.7 Å². The molecule has 0 spiro atoms. The minimum absolute atomic E-state index is 0.163. The maximum atomic E-state index is 6.46. The second kappa shape index (κ2) is 4.23. The molecule has 0 bridgehead atoms. The van der Waals surface area contributed by atoms with Crippen LogP contribution in [0, 0.1) is 22.7 Å². The first kappa shape index (κ1) is 13.9. The zero-order valence-corrected chi connectivity index (χ0v) is 13.6. The highest BCUT2D eigenvalue weighted by Crippen LogP contribution is 2.64. The number of rotatable bonds is 0. The first-order valence-corrected chi connectivity index (χ1v) is 8.46. The van der Waals surface area contributed by atoms with E-state index in [0.717, 1.165) is 11.8 Å². The molecule has 0 aromatic carbocycles. The zero-order valence-electron chi connectivity index (χ0n) is 13.6. The first-order chi connectivity index (χ1) is 8.78. The summed E-state index contributed by atoms with van der Waals surface area (Å²) in [7, 11) is 0. The van der Waals surface area contributed by atoms with Crippen molar-refractivity contribution in [3.05, 3.63) is 0 Å². The van der Waals surface area contributed by atoms with E-state index < -0.39 is 0 Å². The van der Waals surface area contributed by atoms with Gasteiger partial charge in [-0.15, -0.1) is 0 Å². The average molecular weight is 264 g/mol. The standard InChI is InChI=1S/C18H32O/c1-13-7-8-15-17(4)11-6-10-16(2,3)14(17)9-12-18(15,5)19-13/h13-15H,6-12H2,1-5H3/t13-,14+,15-,17+,18-/m1/s1. The highest BCUT2D eigenvalue weighted by Gasteiger charge is 2.59. The molecule has 0 unspecified atom stereocenters. The lowest BCUT2D eigenvalue weighted by atomic mass is 9.44. The Kier molecular flexibility index (Phi) is 3.10. The van der Waals surface area contributed by atoms with Crippen LogP contribution in [-0.2, 0) is 4.74 Å². The van der Waals surface area contributed by atoms with Crippen LogP contribution in [0.25, 0.3) is 0 Å². The Hall–Kier alpha value is -0.0400. The molecule has 3 aliphatic rings. The Morgan fingerprint density at radius 1 is 0.842 bits per heavy atom. The molecular formula is C18H32O. The van der Waals surface area contributed by atoms with Gasteiger partial charge in [-0.25, -0.2) is 0 Å². The summed E-state index contributed by atoms with van der Waals surface area (Å²) in [6, 6.07) is 0. The lowest BCUT2D eigenvalue weighted by molar-refractivity contribution is -0.232. The van der Waals surface area contributed by atoms with E-state index >= 15 is 0 Å². The molecule has 2 saturated carbocycles. The van der Waals surface area contributed by atoms with E-state index in [-0.39, 0.29) is 5.60 Å². The second-order valence-corrected chi connectivity index (χ2v) is 8.81. The first-order valence-electron chi connectivity index (χ1n) is 8.46. The third-order valence-corrected chi connectivity index (χ3v) is 7.07. The Balaban J connectivity index is 1.94. The van der Waals surface area contributed by atoms with Crippen molar-refractivity contribution >= 4 is 0 Å². The van der Waals surface area contributed by atoms with Crippen LogP contribution >= 0.6 is 0 Å². The maximum Gasteiger partial charge on any atom is 0.0691 e. The lowest BCUT2D eigenvalue weighted by Gasteiger charge is -2.64. The fourth-order valence-corrected chi connectivity index (χ4v) is 6.30. The van der Waals surface area contributed by atoms with E-state index in [4.69, 9.17) is 4.74 Å². The monoisotopic (exact) mass is 264 g/mol. The molecule has 1 saturated heterocycles. The molecule has 19 heavy (non-hydrogen) atoms. The molecule has 0 aromatic heterocycles. The Morgan fingerprint density at radius 2 is 1.58 bits per heavy atom. The SMILES string of the molecule is C[C@@H]1CC[C@@H]2[C@@]3(C)CCCC(C)(C)[C@@H]3CC[C@@]2(C)O1. The maximum absolute atomic E-state index is 6.46. The molecule has 0 aromatic rings. The van der Waals surface area contributed by atoms with Gasteiger partial charge in [0, 0.05) is 0 Å². The van der Waals surface area contributed by atoms with Gasteiger partial charge in [0.2, 0.25) is 0 Å². The van der Waals surface area contributed by atoms with Gasteiger partial charge < -0.3 is 4.74 Å². The minimum atomic E-state index is 0.163. The van der Waals surface area contributed by atoms with Gasteiger partial charge >= 0.3 is 0 Å².